The van der Waals surface area contributed by atoms with E-state index in [0.717, 1.165) is 25.9 Å². The predicted molar refractivity (Wildman–Crippen MR) is 82.7 cm³/mol. The third-order valence-electron chi connectivity index (χ3n) is 4.14. The number of aromatic nitrogens is 2. The Kier molecular flexibility index (Phi) is 4.11. The van der Waals surface area contributed by atoms with Crippen molar-refractivity contribution in [1.82, 2.24) is 9.97 Å². The average Bonchev–Trinajstić information content (AvgIpc) is 2.97. The van der Waals surface area contributed by atoms with E-state index >= 15 is 0 Å². The number of methoxy groups -OCH3 is 1. The van der Waals surface area contributed by atoms with Crippen LogP contribution in [0.25, 0.3) is 10.9 Å². The first-order valence-corrected chi connectivity index (χ1v) is 7.52. The summed E-state index contributed by atoms with van der Waals surface area (Å²) in [6.45, 7) is 3.52. The molecule has 1 atom stereocenters. The molecule has 0 amide bonds. The Balaban J connectivity index is 2.02. The topological polar surface area (TPSA) is 56.3 Å². The van der Waals surface area contributed by atoms with Crippen LogP contribution in [0.5, 0.6) is 5.75 Å². The summed E-state index contributed by atoms with van der Waals surface area (Å²) in [6, 6.07) is 3.39. The van der Waals surface area contributed by atoms with Crippen LogP contribution in [-0.2, 0) is 4.74 Å². The first kappa shape index (κ1) is 15.0. The highest BCUT2D eigenvalue weighted by Gasteiger charge is 2.34. The van der Waals surface area contributed by atoms with Gasteiger partial charge in [0.25, 0.3) is 0 Å². The van der Waals surface area contributed by atoms with Gasteiger partial charge in [0.1, 0.15) is 17.7 Å². The molecule has 1 aromatic carbocycles. The molecule has 0 unspecified atom stereocenters. The fourth-order valence-electron chi connectivity index (χ4n) is 3.03. The standard InChI is InChI=1S/C16H20FN3O2/c1-3-6-16(7-8-22-9-16)20-15-11-4-5-12(21-2)13(17)14(11)18-10-19-15/h4-5,10H,3,6-9H2,1-2H3,(H,18,19,20)/t16-/m1/s1. The van der Waals surface area contributed by atoms with Crippen LogP contribution < -0.4 is 10.1 Å². The van der Waals surface area contributed by atoms with Crippen molar-refractivity contribution in [3.63, 3.8) is 0 Å². The second-order valence-electron chi connectivity index (χ2n) is 5.66. The van der Waals surface area contributed by atoms with Gasteiger partial charge in [-0.05, 0) is 25.0 Å². The van der Waals surface area contributed by atoms with Crippen molar-refractivity contribution in [2.24, 2.45) is 0 Å². The van der Waals surface area contributed by atoms with Crippen molar-refractivity contribution in [2.75, 3.05) is 25.6 Å². The summed E-state index contributed by atoms with van der Waals surface area (Å²) in [4.78, 5) is 8.36. The van der Waals surface area contributed by atoms with Crippen molar-refractivity contribution >= 4 is 16.7 Å². The van der Waals surface area contributed by atoms with Crippen LogP contribution >= 0.6 is 0 Å². The molecule has 1 N–H and O–H groups in total. The molecule has 0 spiro atoms. The molecule has 1 aliphatic rings. The quantitative estimate of drug-likeness (QED) is 0.919. The van der Waals surface area contributed by atoms with E-state index < -0.39 is 5.82 Å². The number of rotatable bonds is 5. The summed E-state index contributed by atoms with van der Waals surface area (Å²) in [6.07, 6.45) is 4.33. The van der Waals surface area contributed by atoms with Gasteiger partial charge in [0, 0.05) is 12.0 Å². The maximum atomic E-state index is 14.3. The van der Waals surface area contributed by atoms with Gasteiger partial charge in [-0.15, -0.1) is 0 Å². The highest BCUT2D eigenvalue weighted by Crippen LogP contribution is 2.33. The van der Waals surface area contributed by atoms with Crippen LogP contribution in [0.2, 0.25) is 0 Å². The number of hydrogen-bond donors (Lipinski definition) is 1. The third kappa shape index (κ3) is 2.59. The molecular weight excluding hydrogens is 285 g/mol. The number of halogens is 1. The van der Waals surface area contributed by atoms with E-state index in [9.17, 15) is 4.39 Å². The Morgan fingerprint density at radius 3 is 2.95 bits per heavy atom. The van der Waals surface area contributed by atoms with Crippen LogP contribution in [0, 0.1) is 5.82 Å². The molecule has 5 nitrogen and oxygen atoms in total. The number of hydrogen-bond acceptors (Lipinski definition) is 5. The summed E-state index contributed by atoms with van der Waals surface area (Å²) in [7, 11) is 1.44. The molecule has 0 saturated carbocycles. The minimum Gasteiger partial charge on any atom is -0.494 e. The Morgan fingerprint density at radius 2 is 2.27 bits per heavy atom. The molecule has 118 valence electrons. The summed E-state index contributed by atoms with van der Waals surface area (Å²) in [5, 5.41) is 4.14. The number of nitrogens with zero attached hydrogens (tertiary/aromatic N) is 2. The zero-order valence-electron chi connectivity index (χ0n) is 12.9. The third-order valence-corrected chi connectivity index (χ3v) is 4.14. The zero-order chi connectivity index (χ0) is 15.6. The van der Waals surface area contributed by atoms with Crippen molar-refractivity contribution in [3.8, 4) is 5.75 Å². The molecule has 0 bridgehead atoms. The Labute approximate surface area is 128 Å². The van der Waals surface area contributed by atoms with E-state index in [0.29, 0.717) is 17.8 Å². The van der Waals surface area contributed by atoms with Crippen LogP contribution in [0.15, 0.2) is 18.5 Å². The van der Waals surface area contributed by atoms with Gasteiger partial charge in [-0.2, -0.15) is 0 Å². The molecule has 22 heavy (non-hydrogen) atoms. The molecule has 1 saturated heterocycles. The highest BCUT2D eigenvalue weighted by molar-refractivity contribution is 5.90. The highest BCUT2D eigenvalue weighted by atomic mass is 19.1. The molecule has 2 aromatic rings. The molecule has 3 rings (SSSR count). The molecule has 1 aliphatic heterocycles. The van der Waals surface area contributed by atoms with Gasteiger partial charge >= 0.3 is 0 Å². The van der Waals surface area contributed by atoms with Crippen molar-refractivity contribution in [3.05, 3.63) is 24.3 Å². The Morgan fingerprint density at radius 1 is 1.41 bits per heavy atom. The lowest BCUT2D eigenvalue weighted by atomic mass is 9.92. The number of nitrogens with one attached hydrogen (secondary N) is 1. The van der Waals surface area contributed by atoms with Crippen LogP contribution in [0.3, 0.4) is 0 Å². The van der Waals surface area contributed by atoms with Crippen LogP contribution in [0.1, 0.15) is 26.2 Å². The largest absolute Gasteiger partial charge is 0.494 e. The number of benzene rings is 1. The monoisotopic (exact) mass is 305 g/mol. The minimum absolute atomic E-state index is 0.133. The summed E-state index contributed by atoms with van der Waals surface area (Å²) in [5.41, 5.74) is 0.134. The van der Waals surface area contributed by atoms with Gasteiger partial charge < -0.3 is 14.8 Å². The molecule has 1 aromatic heterocycles. The second-order valence-corrected chi connectivity index (χ2v) is 5.66. The van der Waals surface area contributed by atoms with Gasteiger partial charge in [-0.25, -0.2) is 14.4 Å². The fraction of sp³-hybridized carbons (Fsp3) is 0.500. The summed E-state index contributed by atoms with van der Waals surface area (Å²) >= 11 is 0. The van der Waals surface area contributed by atoms with Gasteiger partial charge in [-0.1, -0.05) is 13.3 Å². The zero-order valence-corrected chi connectivity index (χ0v) is 12.9. The van der Waals surface area contributed by atoms with E-state index in [-0.39, 0.29) is 16.8 Å². The van der Waals surface area contributed by atoms with E-state index in [1.54, 1.807) is 12.1 Å². The van der Waals surface area contributed by atoms with E-state index in [1.165, 1.54) is 13.4 Å². The Hall–Kier alpha value is -1.95. The van der Waals surface area contributed by atoms with E-state index in [1.807, 2.05) is 0 Å². The maximum Gasteiger partial charge on any atom is 0.191 e. The molecule has 6 heteroatoms. The number of ether oxygens (including phenoxy) is 2. The van der Waals surface area contributed by atoms with Crippen molar-refractivity contribution in [2.45, 2.75) is 31.7 Å². The lowest BCUT2D eigenvalue weighted by Gasteiger charge is -2.29. The summed E-state index contributed by atoms with van der Waals surface area (Å²) in [5.74, 6) is 0.368. The average molecular weight is 305 g/mol. The summed E-state index contributed by atoms with van der Waals surface area (Å²) < 4.78 is 24.9. The molecule has 1 fully saturated rings. The van der Waals surface area contributed by atoms with Gasteiger partial charge in [0.05, 0.1) is 19.3 Å². The van der Waals surface area contributed by atoms with E-state index in [4.69, 9.17) is 9.47 Å². The smallest absolute Gasteiger partial charge is 0.191 e. The van der Waals surface area contributed by atoms with Crippen LogP contribution in [0.4, 0.5) is 10.2 Å². The Bertz CT molecular complexity index is 672. The first-order valence-electron chi connectivity index (χ1n) is 7.52. The second kappa shape index (κ2) is 6.04. The van der Waals surface area contributed by atoms with Gasteiger partial charge in [0.15, 0.2) is 11.6 Å². The first-order chi connectivity index (χ1) is 10.7. The lowest BCUT2D eigenvalue weighted by Crippen LogP contribution is -2.39. The molecule has 0 radical (unpaired) electrons. The predicted octanol–water partition coefficient (Wildman–Crippen LogP) is 3.15. The lowest BCUT2D eigenvalue weighted by molar-refractivity contribution is 0.180. The molecule has 2 heterocycles. The molecular formula is C16H20FN3O2. The van der Waals surface area contributed by atoms with Gasteiger partial charge in [-0.3, -0.25) is 0 Å². The SMILES string of the molecule is CCC[C@@]1(Nc2ncnc3c(F)c(OC)ccc23)CCOC1. The maximum absolute atomic E-state index is 14.3. The number of fused-ring (bicyclic) bond motifs is 1. The van der Waals surface area contributed by atoms with Gasteiger partial charge in [0.2, 0.25) is 0 Å². The van der Waals surface area contributed by atoms with E-state index in [2.05, 4.69) is 22.2 Å². The fourth-order valence-corrected chi connectivity index (χ4v) is 3.03. The normalized spacial score (nSPS) is 21.2. The van der Waals surface area contributed by atoms with Crippen LogP contribution in [-0.4, -0.2) is 35.8 Å². The minimum atomic E-state index is -0.460. The van der Waals surface area contributed by atoms with Crippen molar-refractivity contribution in [1.29, 1.82) is 0 Å². The molecule has 0 aliphatic carbocycles. The number of anilines is 1. The van der Waals surface area contributed by atoms with Crippen molar-refractivity contribution < 1.29 is 13.9 Å².